The number of hydrogen-bond acceptors (Lipinski definition) is 2. The van der Waals surface area contributed by atoms with Crippen molar-refractivity contribution in [2.45, 2.75) is 13.8 Å². The maximum Gasteiger partial charge on any atom is 0.257 e. The van der Waals surface area contributed by atoms with E-state index < -0.39 is 0 Å². The molecule has 7 aromatic rings. The van der Waals surface area contributed by atoms with Crippen LogP contribution in [0.1, 0.15) is 32.6 Å². The number of para-hydroxylation sites is 2. The second kappa shape index (κ2) is 16.4. The molecule has 6 aromatic carbocycles. The van der Waals surface area contributed by atoms with Crippen molar-refractivity contribution >= 4 is 33.3 Å². The summed E-state index contributed by atoms with van der Waals surface area (Å²) in [6.07, 6.45) is 0. The molecule has 0 bridgehead atoms. The van der Waals surface area contributed by atoms with E-state index >= 15 is 0 Å². The van der Waals surface area contributed by atoms with Crippen LogP contribution in [0.3, 0.4) is 0 Å². The molecule has 1 N–H and O–H groups in total. The number of anilines is 1. The van der Waals surface area contributed by atoms with Crippen LogP contribution in [0.2, 0.25) is 0 Å². The van der Waals surface area contributed by atoms with Crippen LogP contribution in [0.4, 0.5) is 5.69 Å². The molecule has 4 heteroatoms. The third-order valence-corrected chi connectivity index (χ3v) is 7.44. The summed E-state index contributed by atoms with van der Waals surface area (Å²) in [7, 11) is 0. The molecule has 0 atom stereocenters. The average Bonchev–Trinajstić information content (AvgIpc) is 3.07. The van der Waals surface area contributed by atoms with E-state index in [2.05, 4.69) is 43.4 Å². The Morgan fingerprint density at radius 2 is 1.09 bits per heavy atom. The van der Waals surface area contributed by atoms with Gasteiger partial charge in [-0.2, -0.15) is 49.2 Å². The molecule has 0 aliphatic rings. The number of amides is 1. The Kier molecular flexibility index (Phi) is 12.1. The summed E-state index contributed by atoms with van der Waals surface area (Å²) >= 11 is 0. The number of rotatable bonds is 3. The fourth-order valence-corrected chi connectivity index (χ4v) is 5.08. The number of benzene rings is 6. The normalized spacial score (nSPS) is 10.0. The summed E-state index contributed by atoms with van der Waals surface area (Å²) in [6, 6.07) is 50.1. The zero-order chi connectivity index (χ0) is 31.6. The topological polar surface area (TPSA) is 42.0 Å². The monoisotopic (exact) mass is 764 g/mol. The second-order valence-electron chi connectivity index (χ2n) is 10.8. The maximum absolute atomic E-state index is 13.2. The first-order valence-corrected chi connectivity index (χ1v) is 14.9. The fraction of sp³-hybridized carbons (Fsp3) is 0.0476. The van der Waals surface area contributed by atoms with E-state index in [0.717, 1.165) is 50.0 Å². The van der Waals surface area contributed by atoms with Crippen molar-refractivity contribution in [3.05, 3.63) is 193 Å². The van der Waals surface area contributed by atoms with Crippen molar-refractivity contribution in [2.75, 3.05) is 5.32 Å². The van der Waals surface area contributed by atoms with Gasteiger partial charge < -0.3 is 5.32 Å². The van der Waals surface area contributed by atoms with Crippen molar-refractivity contribution in [2.24, 2.45) is 0 Å². The summed E-state index contributed by atoms with van der Waals surface area (Å²) in [5.41, 5.74) is 8.27. The number of aryl methyl sites for hydroxylation is 2. The van der Waals surface area contributed by atoms with Gasteiger partial charge in [-0.15, -0.1) is 24.3 Å². The number of nitrogens with zero attached hydrogens (tertiary/aromatic N) is 1. The molecule has 0 saturated carbocycles. The summed E-state index contributed by atoms with van der Waals surface area (Å²) in [4.78, 5) is 18.2. The number of pyridine rings is 1. The Labute approximate surface area is 291 Å². The van der Waals surface area contributed by atoms with Crippen LogP contribution in [0.5, 0.6) is 0 Å². The molecule has 226 valence electrons. The van der Waals surface area contributed by atoms with Gasteiger partial charge in [0.1, 0.15) is 0 Å². The zero-order valence-electron chi connectivity index (χ0n) is 26.2. The third-order valence-electron chi connectivity index (χ3n) is 7.44. The zero-order valence-corrected chi connectivity index (χ0v) is 29.8. The molecule has 3 nitrogen and oxygen atoms in total. The predicted molar refractivity (Wildman–Crippen MR) is 190 cm³/mol. The molecular formula is C42H36HfN2O-2. The first kappa shape index (κ1) is 34.0. The van der Waals surface area contributed by atoms with E-state index in [0.29, 0.717) is 11.1 Å². The van der Waals surface area contributed by atoms with Crippen molar-refractivity contribution in [3.63, 3.8) is 0 Å². The smallest absolute Gasteiger partial charge is 0.257 e. The van der Waals surface area contributed by atoms with Gasteiger partial charge in [-0.1, -0.05) is 91.0 Å². The van der Waals surface area contributed by atoms with Gasteiger partial charge >= 0.3 is 0 Å². The van der Waals surface area contributed by atoms with Gasteiger partial charge in [0.15, 0.2) is 0 Å². The Morgan fingerprint density at radius 1 is 0.565 bits per heavy atom. The molecule has 46 heavy (non-hydrogen) atoms. The van der Waals surface area contributed by atoms with Gasteiger partial charge in [0.2, 0.25) is 0 Å². The van der Waals surface area contributed by atoms with E-state index in [4.69, 9.17) is 4.98 Å². The molecular weight excluding hydrogens is 727 g/mol. The molecule has 1 heterocycles. The number of nitrogens with one attached hydrogen (secondary N) is 1. The van der Waals surface area contributed by atoms with Crippen LogP contribution in [0.15, 0.2) is 152 Å². The first-order chi connectivity index (χ1) is 21.9. The number of carbonyl (C=O) groups excluding carboxylic acids is 1. The van der Waals surface area contributed by atoms with Gasteiger partial charge in [-0.3, -0.25) is 4.79 Å². The van der Waals surface area contributed by atoms with E-state index in [9.17, 15) is 4.79 Å². The molecule has 0 aliphatic carbocycles. The molecule has 0 fully saturated rings. The van der Waals surface area contributed by atoms with E-state index in [1.165, 1.54) is 5.39 Å². The number of aromatic nitrogens is 1. The predicted octanol–water partition coefficient (Wildman–Crippen LogP) is 10.7. The van der Waals surface area contributed by atoms with Crippen LogP contribution >= 0.6 is 0 Å². The van der Waals surface area contributed by atoms with Crippen LogP contribution in [0, 0.1) is 27.7 Å². The molecule has 0 aliphatic heterocycles. The summed E-state index contributed by atoms with van der Waals surface area (Å²) in [5, 5.41) is 6.36. The molecule has 0 saturated heterocycles. The van der Waals surface area contributed by atoms with Crippen molar-refractivity contribution in [1.29, 1.82) is 0 Å². The largest absolute Gasteiger partial charge is 0.321 e. The van der Waals surface area contributed by atoms with E-state index in [1.807, 2.05) is 141 Å². The molecule has 1 aromatic heterocycles. The minimum absolute atomic E-state index is 0. The van der Waals surface area contributed by atoms with Crippen LogP contribution in [-0.4, -0.2) is 10.9 Å². The van der Waals surface area contributed by atoms with Gasteiger partial charge in [-0.05, 0) is 47.9 Å². The quantitative estimate of drug-likeness (QED) is 0.144. The summed E-state index contributed by atoms with van der Waals surface area (Å²) < 4.78 is 0. The minimum Gasteiger partial charge on any atom is -0.321 e. The minimum atomic E-state index is -0.148. The first-order valence-electron chi connectivity index (χ1n) is 14.9. The molecule has 7 rings (SSSR count). The van der Waals surface area contributed by atoms with Gasteiger partial charge in [0, 0.05) is 42.5 Å². The van der Waals surface area contributed by atoms with Crippen molar-refractivity contribution in [3.8, 4) is 11.3 Å². The van der Waals surface area contributed by atoms with Crippen LogP contribution in [-0.2, 0) is 25.8 Å². The second-order valence-corrected chi connectivity index (χ2v) is 10.8. The number of hydrogen-bond donors (Lipinski definition) is 1. The third kappa shape index (κ3) is 8.62. The summed E-state index contributed by atoms with van der Waals surface area (Å²) in [5.74, 6) is -0.148. The Hall–Kier alpha value is -4.93. The maximum atomic E-state index is 13.2. The standard InChI is InChI=1S/C28H22N2O.2C7H7.Hf/c1-18-8-5-9-19(2)26(18)30-28(31)24-15-7-12-21-16-17-25(29-27(21)24)23-14-6-11-20-10-3-4-13-22(20)23;2*1-7-5-3-2-4-6-7;/h3-17H,1-2H3,(H,30,31);2*2-6H,1H2;/q;2*-1;. The van der Waals surface area contributed by atoms with Gasteiger partial charge in [0.25, 0.3) is 5.91 Å². The van der Waals surface area contributed by atoms with Gasteiger partial charge in [0.05, 0.1) is 16.8 Å². The molecule has 0 spiro atoms. The number of fused-ring (bicyclic) bond motifs is 2. The van der Waals surface area contributed by atoms with Crippen LogP contribution < -0.4 is 5.32 Å². The number of carbonyl (C=O) groups is 1. The van der Waals surface area contributed by atoms with E-state index in [1.54, 1.807) is 0 Å². The van der Waals surface area contributed by atoms with Crippen molar-refractivity contribution < 1.29 is 30.6 Å². The Balaban J connectivity index is 0.000000264. The molecule has 0 radical (unpaired) electrons. The molecule has 1 amide bonds. The van der Waals surface area contributed by atoms with Crippen molar-refractivity contribution in [1.82, 2.24) is 4.98 Å². The van der Waals surface area contributed by atoms with Crippen LogP contribution in [0.25, 0.3) is 32.9 Å². The fourth-order valence-electron chi connectivity index (χ4n) is 5.08. The SMILES string of the molecule is Cc1cccc(C)c1NC(=O)c1cccc2ccc(-c3cccc4ccccc34)nc12.[CH2-]c1ccccc1.[CH2-]c1ccccc1.[Hf]. The summed E-state index contributed by atoms with van der Waals surface area (Å²) in [6.45, 7) is 11.4. The van der Waals surface area contributed by atoms with Gasteiger partial charge in [-0.25, -0.2) is 4.98 Å². The Bertz CT molecular complexity index is 1980. The molecule has 0 unspecified atom stereocenters. The Morgan fingerprint density at radius 3 is 1.70 bits per heavy atom. The van der Waals surface area contributed by atoms with E-state index in [-0.39, 0.29) is 31.8 Å². The average molecular weight is 763 g/mol.